The number of aromatic nitrogens is 2. The molecular weight excluding hydrogens is 292 g/mol. The molecule has 0 saturated carbocycles. The Labute approximate surface area is 117 Å². The first-order chi connectivity index (χ1) is 8.75. The molecule has 1 saturated heterocycles. The van der Waals surface area contributed by atoms with Crippen LogP contribution in [-0.2, 0) is 19.4 Å². The average molecular weight is 313 g/mol. The lowest BCUT2D eigenvalue weighted by Crippen LogP contribution is -2.50. The van der Waals surface area contributed by atoms with Gasteiger partial charge in [0, 0.05) is 38.6 Å². The van der Waals surface area contributed by atoms with Crippen molar-refractivity contribution < 1.29 is 0 Å². The van der Waals surface area contributed by atoms with Gasteiger partial charge in [0.15, 0.2) is 0 Å². The number of halogens is 1. The number of hydrogen-bond donors (Lipinski definition) is 1. The van der Waals surface area contributed by atoms with E-state index in [9.17, 15) is 0 Å². The van der Waals surface area contributed by atoms with E-state index in [2.05, 4.69) is 37.8 Å². The van der Waals surface area contributed by atoms with E-state index in [0.717, 1.165) is 37.2 Å². The van der Waals surface area contributed by atoms with Gasteiger partial charge in [0.05, 0.1) is 5.69 Å². The van der Waals surface area contributed by atoms with E-state index in [1.807, 2.05) is 0 Å². The van der Waals surface area contributed by atoms with Crippen LogP contribution in [0, 0.1) is 0 Å². The minimum absolute atomic E-state index is 0.582. The molecule has 5 heteroatoms. The standard InChI is InChI=1S/C13H21BrN4/c1-17-7-5-15-9-10(17)8-12-16-13(14)11-4-2-3-6-18(11)12/h10,15H,2-9H2,1H3. The Balaban J connectivity index is 1.80. The van der Waals surface area contributed by atoms with Crippen molar-refractivity contribution in [3.05, 3.63) is 16.1 Å². The summed E-state index contributed by atoms with van der Waals surface area (Å²) < 4.78 is 3.51. The topological polar surface area (TPSA) is 33.1 Å². The summed E-state index contributed by atoms with van der Waals surface area (Å²) in [5.41, 5.74) is 1.41. The predicted octanol–water partition coefficient (Wildman–Crippen LogP) is 1.43. The third-order valence-electron chi connectivity index (χ3n) is 4.21. The fourth-order valence-corrected chi connectivity index (χ4v) is 3.64. The molecule has 1 fully saturated rings. The number of piperazine rings is 1. The second-order valence-corrected chi connectivity index (χ2v) is 6.17. The molecule has 0 spiro atoms. The Morgan fingerprint density at radius 1 is 1.39 bits per heavy atom. The van der Waals surface area contributed by atoms with E-state index in [0.29, 0.717) is 6.04 Å². The third kappa shape index (κ3) is 2.36. The van der Waals surface area contributed by atoms with Gasteiger partial charge < -0.3 is 14.8 Å². The highest BCUT2D eigenvalue weighted by atomic mass is 79.9. The molecule has 0 radical (unpaired) electrons. The zero-order valence-electron chi connectivity index (χ0n) is 11.0. The van der Waals surface area contributed by atoms with E-state index in [4.69, 9.17) is 4.98 Å². The summed E-state index contributed by atoms with van der Waals surface area (Å²) in [6, 6.07) is 0.582. The Bertz CT molecular complexity index is 429. The van der Waals surface area contributed by atoms with Gasteiger partial charge in [-0.25, -0.2) is 4.98 Å². The van der Waals surface area contributed by atoms with Gasteiger partial charge in [0.1, 0.15) is 10.4 Å². The quantitative estimate of drug-likeness (QED) is 0.897. The molecule has 0 amide bonds. The summed E-state index contributed by atoms with van der Waals surface area (Å²) in [5, 5.41) is 3.48. The van der Waals surface area contributed by atoms with Gasteiger partial charge in [-0.15, -0.1) is 0 Å². The molecule has 2 aliphatic rings. The summed E-state index contributed by atoms with van der Waals surface area (Å²) in [4.78, 5) is 7.20. The van der Waals surface area contributed by atoms with Crippen molar-refractivity contribution in [2.75, 3.05) is 26.7 Å². The molecule has 2 aliphatic heterocycles. The van der Waals surface area contributed by atoms with Crippen LogP contribution in [0.15, 0.2) is 4.60 Å². The van der Waals surface area contributed by atoms with Crippen molar-refractivity contribution in [2.24, 2.45) is 0 Å². The van der Waals surface area contributed by atoms with Crippen molar-refractivity contribution >= 4 is 15.9 Å². The molecule has 0 aromatic carbocycles. The minimum atomic E-state index is 0.582. The molecule has 1 aromatic heterocycles. The van der Waals surface area contributed by atoms with E-state index < -0.39 is 0 Å². The van der Waals surface area contributed by atoms with Gasteiger partial charge in [-0.05, 0) is 42.2 Å². The van der Waals surface area contributed by atoms with Gasteiger partial charge in [0.25, 0.3) is 0 Å². The molecular formula is C13H21BrN4. The van der Waals surface area contributed by atoms with Gasteiger partial charge in [-0.3, -0.25) is 0 Å². The fraction of sp³-hybridized carbons (Fsp3) is 0.769. The summed E-state index contributed by atoms with van der Waals surface area (Å²) in [6.45, 7) is 4.47. The van der Waals surface area contributed by atoms with Crippen molar-refractivity contribution in [2.45, 2.75) is 38.3 Å². The minimum Gasteiger partial charge on any atom is -0.331 e. The first kappa shape index (κ1) is 12.6. The summed E-state index contributed by atoms with van der Waals surface area (Å²) in [6.07, 6.45) is 4.82. The zero-order valence-corrected chi connectivity index (χ0v) is 12.5. The Morgan fingerprint density at radius 3 is 3.11 bits per heavy atom. The number of fused-ring (bicyclic) bond motifs is 1. The van der Waals surface area contributed by atoms with Crippen LogP contribution >= 0.6 is 15.9 Å². The van der Waals surface area contributed by atoms with Gasteiger partial charge >= 0.3 is 0 Å². The number of rotatable bonds is 2. The van der Waals surface area contributed by atoms with Crippen molar-refractivity contribution in [1.82, 2.24) is 19.8 Å². The molecule has 1 N–H and O–H groups in total. The molecule has 1 atom stereocenters. The van der Waals surface area contributed by atoms with Gasteiger partial charge in [-0.1, -0.05) is 0 Å². The highest BCUT2D eigenvalue weighted by molar-refractivity contribution is 9.10. The molecule has 100 valence electrons. The molecule has 4 nitrogen and oxygen atoms in total. The van der Waals surface area contributed by atoms with Gasteiger partial charge in [0.2, 0.25) is 0 Å². The zero-order chi connectivity index (χ0) is 12.5. The van der Waals surface area contributed by atoms with Crippen LogP contribution in [0.2, 0.25) is 0 Å². The maximum absolute atomic E-state index is 4.75. The normalized spacial score (nSPS) is 25.1. The number of nitrogens with one attached hydrogen (secondary N) is 1. The lowest BCUT2D eigenvalue weighted by atomic mass is 10.1. The molecule has 0 aliphatic carbocycles. The Kier molecular flexibility index (Phi) is 3.73. The molecule has 3 heterocycles. The average Bonchev–Trinajstić information content (AvgIpc) is 2.70. The maximum atomic E-state index is 4.75. The summed E-state index contributed by atoms with van der Waals surface area (Å²) >= 11 is 3.62. The van der Waals surface area contributed by atoms with Crippen LogP contribution in [0.25, 0.3) is 0 Å². The number of hydrogen-bond acceptors (Lipinski definition) is 3. The molecule has 0 bridgehead atoms. The number of nitrogens with zero attached hydrogens (tertiary/aromatic N) is 3. The van der Waals surface area contributed by atoms with E-state index in [1.54, 1.807) is 0 Å². The van der Waals surface area contributed by atoms with Crippen LogP contribution in [0.1, 0.15) is 24.4 Å². The smallest absolute Gasteiger partial charge is 0.127 e. The first-order valence-electron chi connectivity index (χ1n) is 6.90. The SMILES string of the molecule is CN1CCNCC1Cc1nc(Br)c2n1CCCC2. The van der Waals surface area contributed by atoms with E-state index >= 15 is 0 Å². The Hall–Kier alpha value is -0.390. The van der Waals surface area contributed by atoms with Crippen molar-refractivity contribution in [3.8, 4) is 0 Å². The number of imidazole rings is 1. The number of likely N-dealkylation sites (N-methyl/N-ethyl adjacent to an activating group) is 1. The Morgan fingerprint density at radius 2 is 2.28 bits per heavy atom. The summed E-state index contributed by atoms with van der Waals surface area (Å²) in [5.74, 6) is 1.26. The third-order valence-corrected chi connectivity index (χ3v) is 4.85. The van der Waals surface area contributed by atoms with Crippen LogP contribution in [0.3, 0.4) is 0 Å². The second-order valence-electron chi connectivity index (χ2n) is 5.42. The van der Waals surface area contributed by atoms with Crippen LogP contribution < -0.4 is 5.32 Å². The van der Waals surface area contributed by atoms with Crippen LogP contribution in [0.5, 0.6) is 0 Å². The van der Waals surface area contributed by atoms with Gasteiger partial charge in [-0.2, -0.15) is 0 Å². The maximum Gasteiger partial charge on any atom is 0.127 e. The highest BCUT2D eigenvalue weighted by Crippen LogP contribution is 2.25. The van der Waals surface area contributed by atoms with E-state index in [-0.39, 0.29) is 0 Å². The first-order valence-corrected chi connectivity index (χ1v) is 7.69. The second kappa shape index (κ2) is 5.31. The van der Waals surface area contributed by atoms with Crippen LogP contribution in [0.4, 0.5) is 0 Å². The highest BCUT2D eigenvalue weighted by Gasteiger charge is 2.24. The van der Waals surface area contributed by atoms with Crippen LogP contribution in [-0.4, -0.2) is 47.2 Å². The molecule has 1 unspecified atom stereocenters. The molecule has 1 aromatic rings. The predicted molar refractivity (Wildman–Crippen MR) is 75.9 cm³/mol. The van der Waals surface area contributed by atoms with Crippen molar-refractivity contribution in [3.63, 3.8) is 0 Å². The monoisotopic (exact) mass is 312 g/mol. The lowest BCUT2D eigenvalue weighted by Gasteiger charge is -2.33. The lowest BCUT2D eigenvalue weighted by molar-refractivity contribution is 0.195. The van der Waals surface area contributed by atoms with Crippen molar-refractivity contribution in [1.29, 1.82) is 0 Å². The molecule has 3 rings (SSSR count). The van der Waals surface area contributed by atoms with E-state index in [1.165, 1.54) is 30.8 Å². The molecule has 18 heavy (non-hydrogen) atoms. The fourth-order valence-electron chi connectivity index (χ4n) is 3.03. The largest absolute Gasteiger partial charge is 0.331 e. The summed E-state index contributed by atoms with van der Waals surface area (Å²) in [7, 11) is 2.22.